The van der Waals surface area contributed by atoms with E-state index < -0.39 is 0 Å². The molecule has 1 aliphatic rings. The quantitative estimate of drug-likeness (QED) is 0.690. The molecule has 0 unspecified atom stereocenters. The standard InChI is InChI=1S/C19H21N3O3S/c1-24-14-5-6-15(17(11-14)25-2)16-4-3-7-22(16)18(23)10-13-12-21-8-9-26-19(21)20-13/h5-6,8-9,11-12,16H,3-4,7,10H2,1-2H3/t16-/m0/s1. The Kier molecular flexibility index (Phi) is 4.55. The maximum absolute atomic E-state index is 12.9. The van der Waals surface area contributed by atoms with Gasteiger partial charge in [-0.05, 0) is 25.0 Å². The lowest BCUT2D eigenvalue weighted by atomic mass is 10.0. The molecular formula is C19H21N3O3S. The molecule has 1 fully saturated rings. The number of fused-ring (bicyclic) bond motifs is 1. The van der Waals surface area contributed by atoms with Crippen molar-refractivity contribution in [3.8, 4) is 11.5 Å². The summed E-state index contributed by atoms with van der Waals surface area (Å²) < 4.78 is 12.8. The topological polar surface area (TPSA) is 56.1 Å². The minimum Gasteiger partial charge on any atom is -0.497 e. The van der Waals surface area contributed by atoms with E-state index in [1.165, 1.54) is 0 Å². The van der Waals surface area contributed by atoms with Crippen molar-refractivity contribution in [1.82, 2.24) is 14.3 Å². The van der Waals surface area contributed by atoms with Crippen LogP contribution in [0.25, 0.3) is 4.96 Å². The molecular weight excluding hydrogens is 350 g/mol. The molecule has 1 atom stereocenters. The van der Waals surface area contributed by atoms with Gasteiger partial charge in [0.05, 0.1) is 32.4 Å². The lowest BCUT2D eigenvalue weighted by Crippen LogP contribution is -2.32. The van der Waals surface area contributed by atoms with Crippen molar-refractivity contribution in [2.45, 2.75) is 25.3 Å². The summed E-state index contributed by atoms with van der Waals surface area (Å²) in [6.45, 7) is 0.765. The van der Waals surface area contributed by atoms with Crippen LogP contribution in [0.5, 0.6) is 11.5 Å². The third-order valence-corrected chi connectivity index (χ3v) is 5.62. The zero-order chi connectivity index (χ0) is 18.1. The Balaban J connectivity index is 1.56. The Labute approximate surface area is 156 Å². The summed E-state index contributed by atoms with van der Waals surface area (Å²) in [6.07, 6.45) is 6.14. The predicted octanol–water partition coefficient (Wildman–Crippen LogP) is 3.32. The highest BCUT2D eigenvalue weighted by Gasteiger charge is 2.32. The number of thiazole rings is 1. The maximum atomic E-state index is 12.9. The third kappa shape index (κ3) is 3.03. The van der Waals surface area contributed by atoms with Crippen LogP contribution in [-0.4, -0.2) is 41.0 Å². The van der Waals surface area contributed by atoms with Crippen molar-refractivity contribution in [3.05, 3.63) is 47.2 Å². The van der Waals surface area contributed by atoms with E-state index in [0.29, 0.717) is 6.42 Å². The Morgan fingerprint density at radius 3 is 3.00 bits per heavy atom. The van der Waals surface area contributed by atoms with Crippen molar-refractivity contribution in [2.75, 3.05) is 20.8 Å². The summed E-state index contributed by atoms with van der Waals surface area (Å²) in [4.78, 5) is 20.3. The lowest BCUT2D eigenvalue weighted by molar-refractivity contribution is -0.131. The molecule has 4 rings (SSSR count). The van der Waals surface area contributed by atoms with Gasteiger partial charge in [0.1, 0.15) is 11.5 Å². The van der Waals surface area contributed by atoms with E-state index in [-0.39, 0.29) is 11.9 Å². The van der Waals surface area contributed by atoms with Crippen molar-refractivity contribution >= 4 is 22.2 Å². The van der Waals surface area contributed by atoms with Gasteiger partial charge in [-0.25, -0.2) is 4.98 Å². The molecule has 26 heavy (non-hydrogen) atoms. The predicted molar refractivity (Wildman–Crippen MR) is 100 cm³/mol. The number of nitrogens with zero attached hydrogens (tertiary/aromatic N) is 3. The molecule has 6 nitrogen and oxygen atoms in total. The highest BCUT2D eigenvalue weighted by atomic mass is 32.1. The first-order valence-corrected chi connectivity index (χ1v) is 9.50. The molecule has 0 aliphatic carbocycles. The van der Waals surface area contributed by atoms with Crippen LogP contribution in [0.4, 0.5) is 0 Å². The third-order valence-electron chi connectivity index (χ3n) is 4.85. The Morgan fingerprint density at radius 1 is 1.35 bits per heavy atom. The molecule has 2 aromatic heterocycles. The van der Waals surface area contributed by atoms with Crippen molar-refractivity contribution in [3.63, 3.8) is 0 Å². The van der Waals surface area contributed by atoms with Gasteiger partial charge in [0.2, 0.25) is 5.91 Å². The van der Waals surface area contributed by atoms with E-state index in [2.05, 4.69) is 4.98 Å². The molecule has 0 spiro atoms. The van der Waals surface area contributed by atoms with Crippen LogP contribution in [0.15, 0.2) is 36.0 Å². The fourth-order valence-corrected chi connectivity index (χ4v) is 4.32. The van der Waals surface area contributed by atoms with E-state index in [0.717, 1.165) is 47.1 Å². The zero-order valence-electron chi connectivity index (χ0n) is 14.8. The second kappa shape index (κ2) is 6.99. The minimum atomic E-state index is 0.0343. The number of rotatable bonds is 5. The van der Waals surface area contributed by atoms with Crippen LogP contribution in [0.1, 0.15) is 30.1 Å². The first kappa shape index (κ1) is 16.9. The number of aromatic nitrogens is 2. The largest absolute Gasteiger partial charge is 0.497 e. The molecule has 136 valence electrons. The molecule has 1 amide bonds. The number of hydrogen-bond acceptors (Lipinski definition) is 5. The van der Waals surface area contributed by atoms with Crippen molar-refractivity contribution in [2.24, 2.45) is 0 Å². The van der Waals surface area contributed by atoms with E-state index >= 15 is 0 Å². The Morgan fingerprint density at radius 2 is 2.23 bits per heavy atom. The van der Waals surface area contributed by atoms with Crippen LogP contribution in [0, 0.1) is 0 Å². The average molecular weight is 371 g/mol. The Bertz CT molecular complexity index is 905. The van der Waals surface area contributed by atoms with E-state index in [1.807, 2.05) is 45.3 Å². The number of benzene rings is 1. The summed E-state index contributed by atoms with van der Waals surface area (Å²) in [5, 5.41) is 1.99. The second-order valence-corrected chi connectivity index (χ2v) is 7.23. The lowest BCUT2D eigenvalue weighted by Gasteiger charge is -2.26. The Hall–Kier alpha value is -2.54. The van der Waals surface area contributed by atoms with Gasteiger partial charge >= 0.3 is 0 Å². The molecule has 1 aliphatic heterocycles. The summed E-state index contributed by atoms with van der Waals surface area (Å²) in [6, 6.07) is 5.83. The number of ether oxygens (including phenoxy) is 2. The molecule has 3 heterocycles. The van der Waals surface area contributed by atoms with Gasteiger partial charge in [0, 0.05) is 35.9 Å². The number of carbonyl (C=O) groups is 1. The highest BCUT2D eigenvalue weighted by Crippen LogP contribution is 2.38. The summed E-state index contributed by atoms with van der Waals surface area (Å²) >= 11 is 1.57. The summed E-state index contributed by atoms with van der Waals surface area (Å²) in [5.41, 5.74) is 1.85. The van der Waals surface area contributed by atoms with Crippen LogP contribution in [0.2, 0.25) is 0 Å². The number of hydrogen-bond donors (Lipinski definition) is 0. The van der Waals surface area contributed by atoms with Gasteiger partial charge < -0.3 is 14.4 Å². The molecule has 1 aromatic carbocycles. The van der Waals surface area contributed by atoms with Gasteiger partial charge in [-0.3, -0.25) is 9.20 Å². The van der Waals surface area contributed by atoms with Crippen LogP contribution in [-0.2, 0) is 11.2 Å². The SMILES string of the molecule is COc1ccc([C@@H]2CCCN2C(=O)Cc2cn3ccsc3n2)c(OC)c1. The first-order chi connectivity index (χ1) is 12.7. The average Bonchev–Trinajstić information content (AvgIpc) is 3.36. The molecule has 7 heteroatoms. The number of likely N-dealkylation sites (tertiary alicyclic amines) is 1. The van der Waals surface area contributed by atoms with Gasteiger partial charge in [0.25, 0.3) is 0 Å². The number of imidazole rings is 1. The normalized spacial score (nSPS) is 17.0. The monoisotopic (exact) mass is 371 g/mol. The molecule has 0 bridgehead atoms. The van der Waals surface area contributed by atoms with Gasteiger partial charge in [-0.15, -0.1) is 11.3 Å². The summed E-state index contributed by atoms with van der Waals surface area (Å²) in [7, 11) is 3.28. The van der Waals surface area contributed by atoms with E-state index in [9.17, 15) is 4.79 Å². The van der Waals surface area contributed by atoms with Crippen LogP contribution in [0.3, 0.4) is 0 Å². The van der Waals surface area contributed by atoms with Crippen LogP contribution >= 0.6 is 11.3 Å². The molecule has 1 saturated heterocycles. The van der Waals surface area contributed by atoms with Crippen LogP contribution < -0.4 is 9.47 Å². The van der Waals surface area contributed by atoms with Gasteiger partial charge in [-0.1, -0.05) is 0 Å². The maximum Gasteiger partial charge on any atom is 0.229 e. The molecule has 0 radical (unpaired) electrons. The number of amides is 1. The second-order valence-electron chi connectivity index (χ2n) is 6.35. The minimum absolute atomic E-state index is 0.0343. The fourth-order valence-electron chi connectivity index (χ4n) is 3.60. The van der Waals surface area contributed by atoms with Crippen molar-refractivity contribution in [1.29, 1.82) is 0 Å². The number of methoxy groups -OCH3 is 2. The summed E-state index contributed by atoms with van der Waals surface area (Å²) in [5.74, 6) is 1.62. The smallest absolute Gasteiger partial charge is 0.229 e. The number of carbonyl (C=O) groups excluding carboxylic acids is 1. The van der Waals surface area contributed by atoms with E-state index in [4.69, 9.17) is 9.47 Å². The first-order valence-electron chi connectivity index (χ1n) is 8.62. The highest BCUT2D eigenvalue weighted by molar-refractivity contribution is 7.15. The fraction of sp³-hybridized carbons (Fsp3) is 0.368. The van der Waals surface area contributed by atoms with Crippen molar-refractivity contribution < 1.29 is 14.3 Å². The van der Waals surface area contributed by atoms with Gasteiger partial charge in [0.15, 0.2) is 4.96 Å². The zero-order valence-corrected chi connectivity index (χ0v) is 15.7. The van der Waals surface area contributed by atoms with Gasteiger partial charge in [-0.2, -0.15) is 0 Å². The van der Waals surface area contributed by atoms with E-state index in [1.54, 1.807) is 25.6 Å². The molecule has 0 N–H and O–H groups in total. The molecule has 3 aromatic rings. The molecule has 0 saturated carbocycles.